The van der Waals surface area contributed by atoms with Crippen LogP contribution < -0.4 is 11.1 Å². The second-order valence-electron chi connectivity index (χ2n) is 4.36. The van der Waals surface area contributed by atoms with Gasteiger partial charge in [-0.2, -0.15) is 0 Å². The largest absolute Gasteiger partial charge is 0.480 e. The summed E-state index contributed by atoms with van der Waals surface area (Å²) in [7, 11) is 0. The predicted octanol–water partition coefficient (Wildman–Crippen LogP) is 0.0934. The van der Waals surface area contributed by atoms with Gasteiger partial charge in [0.1, 0.15) is 6.04 Å². The summed E-state index contributed by atoms with van der Waals surface area (Å²) in [6, 6.07) is -1.00. The molecule has 0 aromatic heterocycles. The number of aliphatic hydroxyl groups is 1. The maximum Gasteiger partial charge on any atom is 0.326 e. The van der Waals surface area contributed by atoms with Crippen molar-refractivity contribution in [2.45, 2.75) is 45.1 Å². The fourth-order valence-corrected chi connectivity index (χ4v) is 1.78. The number of carboxylic acids is 1. The van der Waals surface area contributed by atoms with Gasteiger partial charge in [0.2, 0.25) is 5.91 Å². The van der Waals surface area contributed by atoms with Crippen LogP contribution in [-0.2, 0) is 9.59 Å². The molecule has 0 saturated carbocycles. The van der Waals surface area contributed by atoms with Crippen molar-refractivity contribution in [3.05, 3.63) is 0 Å². The lowest BCUT2D eigenvalue weighted by Gasteiger charge is -2.16. The van der Waals surface area contributed by atoms with E-state index in [1.165, 1.54) is 0 Å². The normalized spacial score (nSPS) is 13.9. The van der Waals surface area contributed by atoms with Crippen LogP contribution >= 0.6 is 0 Å². The van der Waals surface area contributed by atoms with Crippen LogP contribution in [0.4, 0.5) is 0 Å². The number of nitrogens with one attached hydrogen (secondary N) is 1. The Hall–Kier alpha value is -1.14. The van der Waals surface area contributed by atoms with E-state index < -0.39 is 12.0 Å². The van der Waals surface area contributed by atoms with Crippen LogP contribution in [0, 0.1) is 5.92 Å². The van der Waals surface area contributed by atoms with Crippen molar-refractivity contribution >= 4 is 11.9 Å². The Morgan fingerprint density at radius 1 is 1.28 bits per heavy atom. The average Bonchev–Trinajstić information content (AvgIpc) is 2.33. The average molecular weight is 260 g/mol. The first kappa shape index (κ1) is 16.9. The highest BCUT2D eigenvalue weighted by Crippen LogP contribution is 2.14. The molecule has 6 nitrogen and oxygen atoms in total. The van der Waals surface area contributed by atoms with Crippen LogP contribution in [-0.4, -0.2) is 41.3 Å². The summed E-state index contributed by atoms with van der Waals surface area (Å²) in [5.41, 5.74) is 5.47. The number of carbonyl (C=O) groups is 2. The van der Waals surface area contributed by atoms with E-state index in [4.69, 9.17) is 15.9 Å². The van der Waals surface area contributed by atoms with Crippen molar-refractivity contribution in [2.24, 2.45) is 11.7 Å². The lowest BCUT2D eigenvalue weighted by Crippen LogP contribution is -2.41. The fraction of sp³-hybridized carbons (Fsp3) is 0.833. The van der Waals surface area contributed by atoms with Gasteiger partial charge in [0.05, 0.1) is 0 Å². The molecular weight excluding hydrogens is 236 g/mol. The van der Waals surface area contributed by atoms with E-state index in [0.29, 0.717) is 25.3 Å². The van der Waals surface area contributed by atoms with Crippen LogP contribution in [0.1, 0.15) is 39.0 Å². The van der Waals surface area contributed by atoms with E-state index in [1.807, 2.05) is 6.92 Å². The number of carboxylic acid groups (broad SMARTS) is 1. The Bertz CT molecular complexity index is 258. The molecule has 0 aliphatic rings. The summed E-state index contributed by atoms with van der Waals surface area (Å²) in [5.74, 6) is -1.00. The Morgan fingerprint density at radius 3 is 2.39 bits per heavy atom. The van der Waals surface area contributed by atoms with E-state index in [9.17, 15) is 9.59 Å². The highest BCUT2D eigenvalue weighted by atomic mass is 16.4. The quantitative estimate of drug-likeness (QED) is 0.445. The minimum atomic E-state index is -1.12. The second-order valence-corrected chi connectivity index (χ2v) is 4.36. The SMILES string of the molecule is CCC(CCN)CCC(=O)N[C@H](CCO)C(=O)O. The standard InChI is InChI=1S/C12H24N2O4/c1-2-9(5-7-13)3-4-11(16)14-10(6-8-15)12(17)18/h9-10,15H,2-8,13H2,1H3,(H,14,16)(H,17,18)/t9?,10-/m1/s1. The monoisotopic (exact) mass is 260 g/mol. The molecule has 2 atom stereocenters. The number of hydrogen-bond acceptors (Lipinski definition) is 4. The van der Waals surface area contributed by atoms with Gasteiger partial charge in [-0.05, 0) is 25.3 Å². The molecule has 0 heterocycles. The van der Waals surface area contributed by atoms with Gasteiger partial charge in [0.25, 0.3) is 0 Å². The van der Waals surface area contributed by atoms with Crippen LogP contribution in [0.15, 0.2) is 0 Å². The predicted molar refractivity (Wildman–Crippen MR) is 68.0 cm³/mol. The van der Waals surface area contributed by atoms with Gasteiger partial charge >= 0.3 is 5.97 Å². The fourth-order valence-electron chi connectivity index (χ4n) is 1.78. The summed E-state index contributed by atoms with van der Waals surface area (Å²) < 4.78 is 0. The third kappa shape index (κ3) is 7.24. The molecule has 0 spiro atoms. The minimum absolute atomic E-state index is 0.0288. The summed E-state index contributed by atoms with van der Waals surface area (Å²) in [6.45, 7) is 2.38. The smallest absolute Gasteiger partial charge is 0.326 e. The maximum absolute atomic E-state index is 11.6. The molecular formula is C12H24N2O4. The molecule has 0 rings (SSSR count). The van der Waals surface area contributed by atoms with Crippen molar-refractivity contribution in [1.82, 2.24) is 5.32 Å². The lowest BCUT2D eigenvalue weighted by molar-refractivity contribution is -0.142. The van der Waals surface area contributed by atoms with Crippen LogP contribution in [0.2, 0.25) is 0 Å². The molecule has 0 saturated heterocycles. The van der Waals surface area contributed by atoms with Crippen molar-refractivity contribution in [2.75, 3.05) is 13.2 Å². The van der Waals surface area contributed by atoms with E-state index in [0.717, 1.165) is 12.8 Å². The van der Waals surface area contributed by atoms with Crippen LogP contribution in [0.25, 0.3) is 0 Å². The van der Waals surface area contributed by atoms with Gasteiger partial charge < -0.3 is 21.3 Å². The van der Waals surface area contributed by atoms with Gasteiger partial charge in [-0.25, -0.2) is 4.79 Å². The number of nitrogens with two attached hydrogens (primary N) is 1. The zero-order valence-corrected chi connectivity index (χ0v) is 10.9. The molecule has 6 heteroatoms. The van der Waals surface area contributed by atoms with Crippen molar-refractivity contribution < 1.29 is 19.8 Å². The first-order valence-electron chi connectivity index (χ1n) is 6.38. The molecule has 106 valence electrons. The number of rotatable bonds is 10. The van der Waals surface area contributed by atoms with Gasteiger partial charge in [0, 0.05) is 19.4 Å². The van der Waals surface area contributed by atoms with Gasteiger partial charge in [-0.15, -0.1) is 0 Å². The minimum Gasteiger partial charge on any atom is -0.480 e. The first-order valence-corrected chi connectivity index (χ1v) is 6.38. The highest BCUT2D eigenvalue weighted by Gasteiger charge is 2.19. The van der Waals surface area contributed by atoms with E-state index in [-0.39, 0.29) is 18.9 Å². The zero-order valence-electron chi connectivity index (χ0n) is 10.9. The molecule has 0 aromatic rings. The second kappa shape index (κ2) is 9.85. The summed E-state index contributed by atoms with van der Waals surface area (Å²) in [6.07, 6.45) is 2.88. The molecule has 0 aliphatic heterocycles. The third-order valence-electron chi connectivity index (χ3n) is 2.98. The molecule has 1 unspecified atom stereocenters. The highest BCUT2D eigenvalue weighted by molar-refractivity contribution is 5.83. The summed E-state index contributed by atoms with van der Waals surface area (Å²) >= 11 is 0. The molecule has 18 heavy (non-hydrogen) atoms. The van der Waals surface area contributed by atoms with Crippen molar-refractivity contribution in [3.63, 3.8) is 0 Å². The molecule has 0 radical (unpaired) electrons. The van der Waals surface area contributed by atoms with Gasteiger partial charge in [-0.1, -0.05) is 13.3 Å². The van der Waals surface area contributed by atoms with Gasteiger partial charge in [-0.3, -0.25) is 4.79 Å². The summed E-state index contributed by atoms with van der Waals surface area (Å²) in [5, 5.41) is 19.9. The Labute approximate surface area is 108 Å². The molecule has 5 N–H and O–H groups in total. The Morgan fingerprint density at radius 2 is 1.94 bits per heavy atom. The molecule has 0 fully saturated rings. The number of aliphatic hydroxyl groups excluding tert-OH is 1. The molecule has 0 bridgehead atoms. The summed E-state index contributed by atoms with van der Waals surface area (Å²) in [4.78, 5) is 22.3. The molecule has 0 aromatic carbocycles. The third-order valence-corrected chi connectivity index (χ3v) is 2.98. The van der Waals surface area contributed by atoms with Crippen molar-refractivity contribution in [1.29, 1.82) is 0 Å². The van der Waals surface area contributed by atoms with E-state index >= 15 is 0 Å². The molecule has 0 aliphatic carbocycles. The number of hydrogen-bond donors (Lipinski definition) is 4. The lowest BCUT2D eigenvalue weighted by atomic mass is 9.96. The molecule has 1 amide bonds. The Balaban J connectivity index is 4.04. The Kier molecular flexibility index (Phi) is 9.22. The van der Waals surface area contributed by atoms with Crippen molar-refractivity contribution in [3.8, 4) is 0 Å². The van der Waals surface area contributed by atoms with Crippen LogP contribution in [0.5, 0.6) is 0 Å². The first-order chi connectivity index (χ1) is 8.54. The number of carbonyl (C=O) groups excluding carboxylic acids is 1. The van der Waals surface area contributed by atoms with Gasteiger partial charge in [0.15, 0.2) is 0 Å². The van der Waals surface area contributed by atoms with E-state index in [1.54, 1.807) is 0 Å². The van der Waals surface area contributed by atoms with E-state index in [2.05, 4.69) is 5.32 Å². The maximum atomic E-state index is 11.6. The number of aliphatic carboxylic acids is 1. The topological polar surface area (TPSA) is 113 Å². The number of amides is 1. The van der Waals surface area contributed by atoms with Crippen LogP contribution in [0.3, 0.4) is 0 Å². The zero-order chi connectivity index (χ0) is 14.0.